The van der Waals surface area contributed by atoms with Crippen LogP contribution in [0.5, 0.6) is 0 Å². The Morgan fingerprint density at radius 2 is 2.28 bits per heavy atom. The molecule has 0 aliphatic rings. The second kappa shape index (κ2) is 6.16. The molecule has 2 N–H and O–H groups in total. The van der Waals surface area contributed by atoms with E-state index in [1.54, 1.807) is 7.05 Å². The Morgan fingerprint density at radius 1 is 1.39 bits per heavy atom. The molecule has 18 heavy (non-hydrogen) atoms. The smallest absolute Gasteiger partial charge is 0.234 e. The number of carbonyl (C=O) groups excluding carboxylic acids is 1. The number of nitrogens with one attached hydrogen (secondary N) is 2. The molecule has 2 rings (SSSR count). The predicted octanol–water partition coefficient (Wildman–Crippen LogP) is 1.79. The highest BCUT2D eigenvalue weighted by Crippen LogP contribution is 2.16. The lowest BCUT2D eigenvalue weighted by atomic mass is 10.1. The average molecular weight is 247 g/mol. The van der Waals surface area contributed by atoms with E-state index in [-0.39, 0.29) is 5.91 Å². The maximum atomic E-state index is 11.2. The van der Waals surface area contributed by atoms with Crippen LogP contribution in [-0.2, 0) is 11.2 Å². The number of benzene rings is 1. The number of hydrogen-bond acceptors (Lipinski definition) is 4. The van der Waals surface area contributed by atoms with Gasteiger partial charge >= 0.3 is 0 Å². The highest BCUT2D eigenvalue weighted by Gasteiger charge is 2.02. The number of hydrogen-bond donors (Lipinski definition) is 2. The first-order valence-corrected chi connectivity index (χ1v) is 6.07. The van der Waals surface area contributed by atoms with Crippen LogP contribution in [0.25, 0.3) is 11.1 Å². The summed E-state index contributed by atoms with van der Waals surface area (Å²) in [5, 5.41) is 0. The van der Waals surface area contributed by atoms with Gasteiger partial charge in [-0.2, -0.15) is 0 Å². The molecule has 0 aliphatic heterocycles. The maximum absolute atomic E-state index is 11.2. The molecule has 0 saturated carbocycles. The van der Waals surface area contributed by atoms with Crippen molar-refractivity contribution < 1.29 is 9.21 Å². The van der Waals surface area contributed by atoms with Crippen LogP contribution < -0.4 is 10.9 Å². The zero-order valence-electron chi connectivity index (χ0n) is 10.4. The van der Waals surface area contributed by atoms with Gasteiger partial charge in [0.2, 0.25) is 5.91 Å². The summed E-state index contributed by atoms with van der Waals surface area (Å²) >= 11 is 0. The van der Waals surface area contributed by atoms with Gasteiger partial charge in [-0.1, -0.05) is 6.07 Å². The van der Waals surface area contributed by atoms with Crippen molar-refractivity contribution >= 4 is 17.0 Å². The summed E-state index contributed by atoms with van der Waals surface area (Å²) < 4.78 is 5.25. The van der Waals surface area contributed by atoms with Gasteiger partial charge < -0.3 is 4.42 Å². The van der Waals surface area contributed by atoms with Gasteiger partial charge in [0.15, 0.2) is 12.0 Å². The number of oxazole rings is 1. The largest absolute Gasteiger partial charge is 0.443 e. The molecule has 0 spiro atoms. The van der Waals surface area contributed by atoms with E-state index in [4.69, 9.17) is 4.42 Å². The Balaban J connectivity index is 1.77. The first-order chi connectivity index (χ1) is 8.79. The molecule has 0 radical (unpaired) electrons. The van der Waals surface area contributed by atoms with Gasteiger partial charge in [-0.25, -0.2) is 10.4 Å². The van der Waals surface area contributed by atoms with Crippen LogP contribution in [0.2, 0.25) is 0 Å². The number of unbranched alkanes of at least 4 members (excludes halogenated alkanes) is 1. The summed E-state index contributed by atoms with van der Waals surface area (Å²) in [5.41, 5.74) is 8.09. The van der Waals surface area contributed by atoms with Crippen molar-refractivity contribution in [3.63, 3.8) is 0 Å². The van der Waals surface area contributed by atoms with E-state index in [0.717, 1.165) is 30.4 Å². The zero-order valence-corrected chi connectivity index (χ0v) is 10.4. The molecule has 2 aromatic rings. The average Bonchev–Trinajstić information content (AvgIpc) is 2.82. The van der Waals surface area contributed by atoms with Crippen molar-refractivity contribution in [1.82, 2.24) is 15.8 Å². The number of nitrogens with zero attached hydrogens (tertiary/aromatic N) is 1. The fraction of sp³-hybridized carbons (Fsp3) is 0.385. The Bertz CT molecular complexity index is 522. The van der Waals surface area contributed by atoms with Gasteiger partial charge in [-0.05, 0) is 37.0 Å². The maximum Gasteiger partial charge on any atom is 0.234 e. The normalized spacial score (nSPS) is 10.7. The fourth-order valence-electron chi connectivity index (χ4n) is 1.87. The van der Waals surface area contributed by atoms with E-state index < -0.39 is 0 Å². The lowest BCUT2D eigenvalue weighted by Gasteiger charge is -2.03. The predicted molar refractivity (Wildman–Crippen MR) is 68.8 cm³/mol. The number of hydrazine groups is 1. The Kier molecular flexibility index (Phi) is 4.30. The Labute approximate surface area is 106 Å². The highest BCUT2D eigenvalue weighted by molar-refractivity contribution is 5.75. The van der Waals surface area contributed by atoms with Crippen LogP contribution in [0.1, 0.15) is 24.8 Å². The quantitative estimate of drug-likeness (QED) is 0.603. The summed E-state index contributed by atoms with van der Waals surface area (Å²) in [4.78, 5) is 15.3. The first kappa shape index (κ1) is 12.6. The van der Waals surface area contributed by atoms with Crippen molar-refractivity contribution in [1.29, 1.82) is 0 Å². The second-order valence-electron chi connectivity index (χ2n) is 4.16. The molecule has 0 aliphatic carbocycles. The van der Waals surface area contributed by atoms with Gasteiger partial charge in [-0.3, -0.25) is 10.2 Å². The lowest BCUT2D eigenvalue weighted by molar-refractivity contribution is -0.122. The van der Waals surface area contributed by atoms with Crippen molar-refractivity contribution in [3.8, 4) is 0 Å². The third-order valence-electron chi connectivity index (χ3n) is 2.78. The molecule has 0 bridgehead atoms. The van der Waals surface area contributed by atoms with Crippen molar-refractivity contribution in [2.45, 2.75) is 25.7 Å². The number of aromatic nitrogens is 1. The van der Waals surface area contributed by atoms with E-state index in [1.807, 2.05) is 12.1 Å². The molecule has 5 heteroatoms. The molecular formula is C13H17N3O2. The van der Waals surface area contributed by atoms with Gasteiger partial charge in [0.25, 0.3) is 0 Å². The fourth-order valence-corrected chi connectivity index (χ4v) is 1.87. The molecule has 5 nitrogen and oxygen atoms in total. The molecule has 0 fully saturated rings. The summed E-state index contributed by atoms with van der Waals surface area (Å²) in [6, 6.07) is 6.02. The van der Waals surface area contributed by atoms with Crippen molar-refractivity contribution in [2.24, 2.45) is 0 Å². The number of amides is 1. The zero-order chi connectivity index (χ0) is 12.8. The summed E-state index contributed by atoms with van der Waals surface area (Å²) in [7, 11) is 1.69. The SMILES string of the molecule is CNNC(=O)CCCCc1ccc2ncoc2c1. The third kappa shape index (κ3) is 3.30. The van der Waals surface area contributed by atoms with Gasteiger partial charge in [0, 0.05) is 13.5 Å². The highest BCUT2D eigenvalue weighted by atomic mass is 16.3. The van der Waals surface area contributed by atoms with Crippen molar-refractivity contribution in [3.05, 3.63) is 30.2 Å². The molecule has 1 aromatic heterocycles. The van der Waals surface area contributed by atoms with Gasteiger partial charge in [0.05, 0.1) is 0 Å². The molecule has 1 heterocycles. The number of aryl methyl sites for hydroxylation is 1. The molecule has 0 atom stereocenters. The minimum Gasteiger partial charge on any atom is -0.443 e. The lowest BCUT2D eigenvalue weighted by Crippen LogP contribution is -2.33. The molecule has 1 amide bonds. The minimum atomic E-state index is 0.0307. The number of carbonyl (C=O) groups is 1. The second-order valence-corrected chi connectivity index (χ2v) is 4.16. The van der Waals surface area contributed by atoms with Gasteiger partial charge in [-0.15, -0.1) is 0 Å². The number of fused-ring (bicyclic) bond motifs is 1. The van der Waals surface area contributed by atoms with Crippen molar-refractivity contribution in [2.75, 3.05) is 7.05 Å². The molecule has 0 saturated heterocycles. The van der Waals surface area contributed by atoms with E-state index >= 15 is 0 Å². The molecular weight excluding hydrogens is 230 g/mol. The van der Waals surface area contributed by atoms with E-state index in [0.29, 0.717) is 6.42 Å². The van der Waals surface area contributed by atoms with Crippen LogP contribution in [0, 0.1) is 0 Å². The van der Waals surface area contributed by atoms with E-state index in [1.165, 1.54) is 12.0 Å². The summed E-state index contributed by atoms with van der Waals surface area (Å²) in [6.45, 7) is 0. The summed E-state index contributed by atoms with van der Waals surface area (Å²) in [6.07, 6.45) is 4.81. The Hall–Kier alpha value is -1.88. The number of rotatable bonds is 6. The van der Waals surface area contributed by atoms with Crippen LogP contribution in [0.15, 0.2) is 29.0 Å². The van der Waals surface area contributed by atoms with E-state index in [2.05, 4.69) is 21.9 Å². The topological polar surface area (TPSA) is 67.2 Å². The minimum absolute atomic E-state index is 0.0307. The third-order valence-corrected chi connectivity index (χ3v) is 2.78. The summed E-state index contributed by atoms with van der Waals surface area (Å²) in [5.74, 6) is 0.0307. The van der Waals surface area contributed by atoms with Crippen LogP contribution in [0.3, 0.4) is 0 Å². The molecule has 96 valence electrons. The molecule has 0 unspecified atom stereocenters. The Morgan fingerprint density at radius 3 is 3.11 bits per heavy atom. The van der Waals surface area contributed by atoms with Crippen LogP contribution >= 0.6 is 0 Å². The first-order valence-electron chi connectivity index (χ1n) is 6.07. The van der Waals surface area contributed by atoms with Crippen LogP contribution in [0.4, 0.5) is 0 Å². The monoisotopic (exact) mass is 247 g/mol. The standard InChI is InChI=1S/C13H17N3O2/c1-14-16-13(17)5-3-2-4-10-6-7-11-12(8-10)18-9-15-11/h6-9,14H,2-5H2,1H3,(H,16,17). The van der Waals surface area contributed by atoms with E-state index in [9.17, 15) is 4.79 Å². The van der Waals surface area contributed by atoms with Gasteiger partial charge in [0.1, 0.15) is 5.52 Å². The molecule has 1 aromatic carbocycles. The van der Waals surface area contributed by atoms with Crippen LogP contribution in [-0.4, -0.2) is 17.9 Å².